The molecule has 2 aliphatic rings. The Hall–Kier alpha value is -2.81. The lowest BCUT2D eigenvalue weighted by Crippen LogP contribution is -2.53. The first kappa shape index (κ1) is 18.5. The van der Waals surface area contributed by atoms with Crippen molar-refractivity contribution in [2.45, 2.75) is 17.7 Å². The normalized spacial score (nSPS) is 18.4. The third kappa shape index (κ3) is 3.26. The summed E-state index contributed by atoms with van der Waals surface area (Å²) in [6.45, 7) is 1.74. The van der Waals surface area contributed by atoms with Gasteiger partial charge in [0.2, 0.25) is 0 Å². The quantitative estimate of drug-likeness (QED) is 0.579. The fourth-order valence-electron chi connectivity index (χ4n) is 3.81. The Bertz CT molecular complexity index is 889. The van der Waals surface area contributed by atoms with Crippen LogP contribution in [0, 0.1) is 10.1 Å². The average Bonchev–Trinajstić information content (AvgIpc) is 3.38. The highest BCUT2D eigenvalue weighted by molar-refractivity contribution is 8.00. The van der Waals surface area contributed by atoms with Crippen molar-refractivity contribution in [3.05, 3.63) is 64.1 Å². The Balaban J connectivity index is 1.47. The van der Waals surface area contributed by atoms with Crippen molar-refractivity contribution in [3.8, 4) is 0 Å². The lowest BCUT2D eigenvalue weighted by Gasteiger charge is -2.43. The molecule has 0 aliphatic carbocycles. The number of rotatable bonds is 3. The molecule has 2 aromatic rings. The lowest BCUT2D eigenvalue weighted by molar-refractivity contribution is -0.384. The van der Waals surface area contributed by atoms with Crippen LogP contribution in [0.1, 0.15) is 33.8 Å². The summed E-state index contributed by atoms with van der Waals surface area (Å²) >= 11 is 1.75. The molecule has 2 fully saturated rings. The number of nitrogens with zero attached hydrogens (tertiary/aromatic N) is 3. The first-order valence-electron chi connectivity index (χ1n) is 9.03. The Morgan fingerprint density at radius 3 is 2.39 bits per heavy atom. The van der Waals surface area contributed by atoms with Crippen molar-refractivity contribution >= 4 is 29.3 Å². The van der Waals surface area contributed by atoms with Crippen LogP contribution in [-0.2, 0) is 0 Å². The van der Waals surface area contributed by atoms with Gasteiger partial charge in [-0.05, 0) is 37.1 Å². The number of carbonyl (C=O) groups is 2. The molecule has 2 aliphatic heterocycles. The molecule has 2 saturated heterocycles. The first-order valence-corrected chi connectivity index (χ1v) is 10.0. The molecule has 0 radical (unpaired) electrons. The number of amides is 2. The predicted molar refractivity (Wildman–Crippen MR) is 103 cm³/mol. The highest BCUT2D eigenvalue weighted by Gasteiger charge is 2.47. The topological polar surface area (TPSA) is 96.9 Å². The van der Waals surface area contributed by atoms with E-state index in [4.69, 9.17) is 4.42 Å². The fourth-order valence-corrected chi connectivity index (χ4v) is 5.26. The van der Waals surface area contributed by atoms with Gasteiger partial charge in [0.15, 0.2) is 5.76 Å². The minimum atomic E-state index is -0.479. The lowest BCUT2D eigenvalue weighted by atomic mass is 10.0. The zero-order chi connectivity index (χ0) is 19.7. The van der Waals surface area contributed by atoms with E-state index in [0.717, 1.165) is 5.75 Å². The van der Waals surface area contributed by atoms with Crippen molar-refractivity contribution in [1.82, 2.24) is 9.80 Å². The largest absolute Gasteiger partial charge is 0.459 e. The van der Waals surface area contributed by atoms with Crippen molar-refractivity contribution in [2.24, 2.45) is 0 Å². The maximum absolute atomic E-state index is 13.1. The van der Waals surface area contributed by atoms with Crippen LogP contribution in [0.2, 0.25) is 0 Å². The molecule has 2 amide bonds. The summed E-state index contributed by atoms with van der Waals surface area (Å²) in [7, 11) is 0. The maximum atomic E-state index is 13.1. The molecule has 1 spiro atoms. The van der Waals surface area contributed by atoms with Crippen LogP contribution in [0.5, 0.6) is 0 Å². The van der Waals surface area contributed by atoms with Crippen LogP contribution in [0.4, 0.5) is 5.69 Å². The number of hydrogen-bond donors (Lipinski definition) is 0. The molecular formula is C19H19N3O5S. The van der Waals surface area contributed by atoms with Gasteiger partial charge in [0, 0.05) is 43.1 Å². The van der Waals surface area contributed by atoms with Crippen LogP contribution >= 0.6 is 11.8 Å². The van der Waals surface area contributed by atoms with Gasteiger partial charge < -0.3 is 14.2 Å². The zero-order valence-corrected chi connectivity index (χ0v) is 15.9. The zero-order valence-electron chi connectivity index (χ0n) is 15.1. The monoisotopic (exact) mass is 401 g/mol. The average molecular weight is 401 g/mol. The maximum Gasteiger partial charge on any atom is 0.289 e. The van der Waals surface area contributed by atoms with Crippen LogP contribution in [0.15, 0.2) is 47.1 Å². The van der Waals surface area contributed by atoms with Crippen molar-refractivity contribution in [2.75, 3.05) is 25.4 Å². The number of nitro benzene ring substituents is 1. The number of piperidine rings is 1. The number of carbonyl (C=O) groups excluding carboxylic acids is 2. The van der Waals surface area contributed by atoms with Gasteiger partial charge in [0.1, 0.15) is 0 Å². The van der Waals surface area contributed by atoms with Gasteiger partial charge >= 0.3 is 0 Å². The standard InChI is InChI=1S/C19H19N3O5S/c23-17(14-3-5-15(6-4-14)22(25)26)21-11-13-28-19(21)7-9-20(10-8-19)18(24)16-2-1-12-27-16/h1-6,12H,7-11,13H2. The number of hydrogen-bond acceptors (Lipinski definition) is 6. The van der Waals surface area contributed by atoms with E-state index in [2.05, 4.69) is 0 Å². The molecule has 28 heavy (non-hydrogen) atoms. The molecule has 146 valence electrons. The molecule has 0 bridgehead atoms. The molecule has 0 N–H and O–H groups in total. The Labute approximate surface area is 165 Å². The number of non-ortho nitro benzene ring substituents is 1. The predicted octanol–water partition coefficient (Wildman–Crippen LogP) is 3.01. The van der Waals surface area contributed by atoms with E-state index in [1.165, 1.54) is 30.5 Å². The minimum Gasteiger partial charge on any atom is -0.459 e. The van der Waals surface area contributed by atoms with Crippen LogP contribution in [-0.4, -0.2) is 56.8 Å². The SMILES string of the molecule is O=C(c1ccco1)N1CCC2(CC1)SCCN2C(=O)c1ccc([N+](=O)[O-])cc1. The van der Waals surface area contributed by atoms with Crippen LogP contribution in [0.3, 0.4) is 0 Å². The summed E-state index contributed by atoms with van der Waals surface area (Å²) < 4.78 is 5.20. The summed E-state index contributed by atoms with van der Waals surface area (Å²) in [5.41, 5.74) is 0.411. The number of nitro groups is 1. The smallest absolute Gasteiger partial charge is 0.289 e. The summed E-state index contributed by atoms with van der Waals surface area (Å²) in [6, 6.07) is 9.07. The second-order valence-corrected chi connectivity index (χ2v) is 8.28. The van der Waals surface area contributed by atoms with Gasteiger partial charge in [-0.1, -0.05) is 0 Å². The van der Waals surface area contributed by atoms with Crippen LogP contribution < -0.4 is 0 Å². The molecular weight excluding hydrogens is 382 g/mol. The van der Waals surface area contributed by atoms with Gasteiger partial charge in [0.05, 0.1) is 16.1 Å². The summed E-state index contributed by atoms with van der Waals surface area (Å²) in [5.74, 6) is 0.917. The molecule has 0 unspecified atom stereocenters. The number of furan rings is 1. The molecule has 1 aromatic carbocycles. The van der Waals surface area contributed by atoms with E-state index in [1.807, 2.05) is 4.90 Å². The second kappa shape index (κ2) is 7.31. The summed E-state index contributed by atoms with van der Waals surface area (Å²) in [5, 5.41) is 10.8. The van der Waals surface area contributed by atoms with E-state index in [9.17, 15) is 19.7 Å². The van der Waals surface area contributed by atoms with Crippen molar-refractivity contribution < 1.29 is 18.9 Å². The van der Waals surface area contributed by atoms with Gasteiger partial charge in [-0.15, -0.1) is 11.8 Å². The molecule has 0 atom stereocenters. The van der Waals surface area contributed by atoms with E-state index >= 15 is 0 Å². The number of thioether (sulfide) groups is 1. The van der Waals surface area contributed by atoms with E-state index < -0.39 is 4.92 Å². The highest BCUT2D eigenvalue weighted by atomic mass is 32.2. The molecule has 4 rings (SSSR count). The second-order valence-electron chi connectivity index (χ2n) is 6.82. The Morgan fingerprint density at radius 1 is 1.07 bits per heavy atom. The van der Waals surface area contributed by atoms with Gasteiger partial charge in [0.25, 0.3) is 17.5 Å². The Morgan fingerprint density at radius 2 is 1.79 bits per heavy atom. The minimum absolute atomic E-state index is 0.0354. The van der Waals surface area contributed by atoms with E-state index in [-0.39, 0.29) is 22.4 Å². The molecule has 3 heterocycles. The summed E-state index contributed by atoms with van der Waals surface area (Å²) in [4.78, 5) is 39.2. The van der Waals surface area contributed by atoms with Crippen molar-refractivity contribution in [3.63, 3.8) is 0 Å². The van der Waals surface area contributed by atoms with Gasteiger partial charge in [-0.25, -0.2) is 0 Å². The first-order chi connectivity index (χ1) is 13.5. The van der Waals surface area contributed by atoms with E-state index in [1.54, 1.807) is 28.8 Å². The fraction of sp³-hybridized carbons (Fsp3) is 0.368. The number of benzene rings is 1. The van der Waals surface area contributed by atoms with Gasteiger partial charge in [-0.2, -0.15) is 0 Å². The third-order valence-electron chi connectivity index (χ3n) is 5.31. The number of likely N-dealkylation sites (tertiary alicyclic amines) is 1. The summed E-state index contributed by atoms with van der Waals surface area (Å²) in [6.07, 6.45) is 2.85. The molecule has 8 nitrogen and oxygen atoms in total. The molecule has 1 aromatic heterocycles. The van der Waals surface area contributed by atoms with E-state index in [0.29, 0.717) is 43.8 Å². The Kier molecular flexibility index (Phi) is 4.84. The molecule has 0 saturated carbocycles. The van der Waals surface area contributed by atoms with Crippen LogP contribution in [0.25, 0.3) is 0 Å². The van der Waals surface area contributed by atoms with Crippen molar-refractivity contribution in [1.29, 1.82) is 0 Å². The highest BCUT2D eigenvalue weighted by Crippen LogP contribution is 2.44. The molecule has 9 heteroatoms. The van der Waals surface area contributed by atoms with Gasteiger partial charge in [-0.3, -0.25) is 19.7 Å². The third-order valence-corrected chi connectivity index (χ3v) is 6.86.